The number of likely N-dealkylation sites (tertiary alicyclic amines) is 1. The van der Waals surface area contributed by atoms with E-state index >= 15 is 0 Å². The number of hydrogen-bond donors (Lipinski definition) is 1. The zero-order valence-electron chi connectivity index (χ0n) is 12.6. The first-order valence-electron chi connectivity index (χ1n) is 7.32. The summed E-state index contributed by atoms with van der Waals surface area (Å²) in [6.45, 7) is 8.75. The smallest absolute Gasteiger partial charge is 0.247 e. The highest BCUT2D eigenvalue weighted by molar-refractivity contribution is 6.05. The Hall–Kier alpha value is -0.940. The molecule has 5 nitrogen and oxygen atoms in total. The second-order valence-corrected chi connectivity index (χ2v) is 5.18. The van der Waals surface area contributed by atoms with E-state index in [4.69, 9.17) is 0 Å². The first-order valence-corrected chi connectivity index (χ1v) is 7.32. The van der Waals surface area contributed by atoms with Crippen molar-refractivity contribution in [2.45, 2.75) is 52.1 Å². The van der Waals surface area contributed by atoms with E-state index in [2.05, 4.69) is 17.1 Å². The van der Waals surface area contributed by atoms with Gasteiger partial charge in [-0.25, -0.2) is 0 Å². The number of nitrogens with zero attached hydrogens (tertiary/aromatic N) is 2. The Labute approximate surface area is 116 Å². The fourth-order valence-corrected chi connectivity index (χ4v) is 2.44. The largest absolute Gasteiger partial charge is 0.305 e. The predicted octanol–water partition coefficient (Wildman–Crippen LogP) is 0.844. The van der Waals surface area contributed by atoms with E-state index in [1.807, 2.05) is 20.9 Å². The fraction of sp³-hybridized carbons (Fsp3) is 0.857. The van der Waals surface area contributed by atoms with Crippen LogP contribution in [0, 0.1) is 0 Å². The number of carbonyl (C=O) groups is 2. The maximum Gasteiger partial charge on any atom is 0.247 e. The quantitative estimate of drug-likeness (QED) is 0.664. The van der Waals surface area contributed by atoms with E-state index < -0.39 is 0 Å². The molecule has 110 valence electrons. The van der Waals surface area contributed by atoms with Crippen molar-refractivity contribution in [3.05, 3.63) is 0 Å². The molecule has 5 heteroatoms. The number of rotatable bonds is 8. The molecule has 1 atom stereocenters. The van der Waals surface area contributed by atoms with Crippen molar-refractivity contribution >= 4 is 11.8 Å². The molecule has 1 fully saturated rings. The van der Waals surface area contributed by atoms with Crippen molar-refractivity contribution in [2.24, 2.45) is 0 Å². The van der Waals surface area contributed by atoms with Crippen molar-refractivity contribution in [3.8, 4) is 0 Å². The maximum atomic E-state index is 12.2. The topological polar surface area (TPSA) is 52.7 Å². The SMILES string of the molecule is CCC(CC)N1C(=O)CC(NCCN(C)CC)C1=O. The molecular weight excluding hydrogens is 242 g/mol. The highest BCUT2D eigenvalue weighted by Gasteiger charge is 2.40. The van der Waals surface area contributed by atoms with Crippen LogP contribution in [0.25, 0.3) is 0 Å². The van der Waals surface area contributed by atoms with Crippen molar-refractivity contribution in [1.29, 1.82) is 0 Å². The van der Waals surface area contributed by atoms with Gasteiger partial charge in [-0.3, -0.25) is 14.5 Å². The second kappa shape index (κ2) is 7.60. The summed E-state index contributed by atoms with van der Waals surface area (Å²) < 4.78 is 0. The van der Waals surface area contributed by atoms with Crippen LogP contribution < -0.4 is 5.32 Å². The van der Waals surface area contributed by atoms with Crippen LogP contribution >= 0.6 is 0 Å². The molecule has 0 aromatic carbocycles. The molecule has 2 amide bonds. The lowest BCUT2D eigenvalue weighted by molar-refractivity contribution is -0.141. The van der Waals surface area contributed by atoms with Gasteiger partial charge in [-0.2, -0.15) is 0 Å². The zero-order chi connectivity index (χ0) is 14.4. The molecule has 0 saturated carbocycles. The van der Waals surface area contributed by atoms with Crippen molar-refractivity contribution < 1.29 is 9.59 Å². The lowest BCUT2D eigenvalue weighted by Gasteiger charge is -2.24. The monoisotopic (exact) mass is 269 g/mol. The number of nitrogens with one attached hydrogen (secondary N) is 1. The van der Waals surface area contributed by atoms with E-state index in [1.54, 1.807) is 0 Å². The Kier molecular flexibility index (Phi) is 6.45. The normalized spacial score (nSPS) is 20.1. The molecular formula is C14H27N3O2. The minimum atomic E-state index is -0.321. The van der Waals surface area contributed by atoms with Gasteiger partial charge < -0.3 is 10.2 Å². The third-order valence-electron chi connectivity index (χ3n) is 3.91. The molecule has 0 aromatic rings. The van der Waals surface area contributed by atoms with Gasteiger partial charge in [0.25, 0.3) is 0 Å². The molecule has 19 heavy (non-hydrogen) atoms. The minimum absolute atomic E-state index is 0.0277. The molecule has 0 bridgehead atoms. The summed E-state index contributed by atoms with van der Waals surface area (Å²) in [7, 11) is 2.04. The average Bonchev–Trinajstić information content (AvgIpc) is 2.68. The van der Waals surface area contributed by atoms with Crippen LogP contribution in [-0.4, -0.2) is 60.4 Å². The Bertz CT molecular complexity index is 316. The van der Waals surface area contributed by atoms with Crippen LogP contribution in [0.15, 0.2) is 0 Å². The lowest BCUT2D eigenvalue weighted by atomic mass is 10.1. The van der Waals surface area contributed by atoms with Crippen LogP contribution in [0.2, 0.25) is 0 Å². The number of hydrogen-bond acceptors (Lipinski definition) is 4. The van der Waals surface area contributed by atoms with E-state index in [-0.39, 0.29) is 23.9 Å². The van der Waals surface area contributed by atoms with Gasteiger partial charge in [-0.05, 0) is 26.4 Å². The minimum Gasteiger partial charge on any atom is -0.305 e. The second-order valence-electron chi connectivity index (χ2n) is 5.18. The Morgan fingerprint density at radius 3 is 2.47 bits per heavy atom. The molecule has 1 aliphatic heterocycles. The highest BCUT2D eigenvalue weighted by Crippen LogP contribution is 2.19. The summed E-state index contributed by atoms with van der Waals surface area (Å²) in [6.07, 6.45) is 1.98. The summed E-state index contributed by atoms with van der Waals surface area (Å²) >= 11 is 0. The van der Waals surface area contributed by atoms with Gasteiger partial charge in [0.1, 0.15) is 0 Å². The molecule has 1 unspecified atom stereocenters. The lowest BCUT2D eigenvalue weighted by Crippen LogP contribution is -2.44. The zero-order valence-corrected chi connectivity index (χ0v) is 12.6. The van der Waals surface area contributed by atoms with E-state index in [1.165, 1.54) is 4.90 Å². The summed E-state index contributed by atoms with van der Waals surface area (Å²) in [5.41, 5.74) is 0. The van der Waals surface area contributed by atoms with Gasteiger partial charge >= 0.3 is 0 Å². The summed E-state index contributed by atoms with van der Waals surface area (Å²) in [5.74, 6) is -0.0714. The van der Waals surface area contributed by atoms with Gasteiger partial charge in [0.15, 0.2) is 0 Å². The fourth-order valence-electron chi connectivity index (χ4n) is 2.44. The maximum absolute atomic E-state index is 12.2. The van der Waals surface area contributed by atoms with Crippen molar-refractivity contribution in [1.82, 2.24) is 15.1 Å². The van der Waals surface area contributed by atoms with E-state index in [9.17, 15) is 9.59 Å². The van der Waals surface area contributed by atoms with Gasteiger partial charge in [0.2, 0.25) is 11.8 Å². The standard InChI is InChI=1S/C14H27N3O2/c1-5-11(6-2)17-13(18)10-12(14(17)19)15-8-9-16(4)7-3/h11-12,15H,5-10H2,1-4H3. The molecule has 1 rings (SSSR count). The van der Waals surface area contributed by atoms with Crippen molar-refractivity contribution in [3.63, 3.8) is 0 Å². The number of likely N-dealkylation sites (N-methyl/N-ethyl adjacent to an activating group) is 1. The van der Waals surface area contributed by atoms with E-state index in [0.717, 1.165) is 32.5 Å². The summed E-state index contributed by atoms with van der Waals surface area (Å²) in [4.78, 5) is 27.9. The third-order valence-corrected chi connectivity index (χ3v) is 3.91. The van der Waals surface area contributed by atoms with Crippen LogP contribution in [0.3, 0.4) is 0 Å². The number of imide groups is 1. The average molecular weight is 269 g/mol. The molecule has 1 saturated heterocycles. The molecule has 1 N–H and O–H groups in total. The molecule has 1 heterocycles. The first kappa shape index (κ1) is 16.1. The predicted molar refractivity (Wildman–Crippen MR) is 75.8 cm³/mol. The molecule has 0 aromatic heterocycles. The molecule has 0 aliphatic carbocycles. The van der Waals surface area contributed by atoms with Crippen LogP contribution in [-0.2, 0) is 9.59 Å². The van der Waals surface area contributed by atoms with Crippen LogP contribution in [0.5, 0.6) is 0 Å². The summed E-state index contributed by atoms with van der Waals surface area (Å²) in [5, 5.41) is 3.21. The number of carbonyl (C=O) groups excluding carboxylic acids is 2. The Morgan fingerprint density at radius 2 is 1.95 bits per heavy atom. The van der Waals surface area contributed by atoms with Gasteiger partial charge in [-0.1, -0.05) is 20.8 Å². The Morgan fingerprint density at radius 1 is 1.32 bits per heavy atom. The van der Waals surface area contributed by atoms with Gasteiger partial charge in [-0.15, -0.1) is 0 Å². The van der Waals surface area contributed by atoms with Gasteiger partial charge in [0, 0.05) is 19.1 Å². The Balaban J connectivity index is 2.51. The third kappa shape index (κ3) is 4.01. The molecule has 1 aliphatic rings. The summed E-state index contributed by atoms with van der Waals surface area (Å²) in [6, 6.07) is -0.261. The molecule has 0 spiro atoms. The van der Waals surface area contributed by atoms with Crippen molar-refractivity contribution in [2.75, 3.05) is 26.7 Å². The van der Waals surface area contributed by atoms with Crippen LogP contribution in [0.1, 0.15) is 40.0 Å². The van der Waals surface area contributed by atoms with E-state index in [0.29, 0.717) is 6.42 Å². The number of amides is 2. The molecule has 0 radical (unpaired) electrons. The first-order chi connectivity index (χ1) is 9.04. The van der Waals surface area contributed by atoms with Crippen LogP contribution in [0.4, 0.5) is 0 Å². The highest BCUT2D eigenvalue weighted by atomic mass is 16.2. The van der Waals surface area contributed by atoms with Gasteiger partial charge in [0.05, 0.1) is 12.5 Å².